The molecule has 3 amide bonds. The average Bonchev–Trinajstić information content (AvgIpc) is 3.09. The van der Waals surface area contributed by atoms with Crippen LogP contribution in [0.15, 0.2) is 24.3 Å². The Morgan fingerprint density at radius 1 is 1.15 bits per heavy atom. The smallest absolute Gasteiger partial charge is 0.418 e. The van der Waals surface area contributed by atoms with Crippen LogP contribution < -0.4 is 4.74 Å². The first kappa shape index (κ1) is 17.5. The molecule has 0 radical (unpaired) electrons. The molecule has 1 aromatic rings. The third kappa shape index (κ3) is 2.85. The summed E-state index contributed by atoms with van der Waals surface area (Å²) < 4.78 is 11.1. The second kappa shape index (κ2) is 5.80. The number of benzene rings is 1. The number of nitrogens with zero attached hydrogens (tertiary/aromatic N) is 2. The lowest BCUT2D eigenvalue weighted by Crippen LogP contribution is -2.47. The summed E-state index contributed by atoms with van der Waals surface area (Å²) >= 11 is 0. The summed E-state index contributed by atoms with van der Waals surface area (Å²) in [5.74, 6) is -0.383. The molecule has 4 rings (SSSR count). The Morgan fingerprint density at radius 2 is 1.89 bits per heavy atom. The number of carbonyl (C=O) groups excluding carboxylic acids is 4. The van der Waals surface area contributed by atoms with E-state index in [0.29, 0.717) is 24.3 Å². The Hall–Kier alpha value is -2.90. The number of ketones is 1. The summed E-state index contributed by atoms with van der Waals surface area (Å²) in [5, 5.41) is 0. The van der Waals surface area contributed by atoms with Gasteiger partial charge in [0.25, 0.3) is 5.91 Å². The van der Waals surface area contributed by atoms with Gasteiger partial charge in [-0.3, -0.25) is 14.4 Å². The van der Waals surface area contributed by atoms with Crippen molar-refractivity contribution >= 4 is 23.7 Å². The van der Waals surface area contributed by atoms with Gasteiger partial charge in [-0.15, -0.1) is 0 Å². The number of hydrogen-bond donors (Lipinski definition) is 0. The quantitative estimate of drug-likeness (QED) is 0.779. The van der Waals surface area contributed by atoms with Crippen LogP contribution in [-0.4, -0.2) is 64.3 Å². The van der Waals surface area contributed by atoms with E-state index in [0.717, 1.165) is 4.90 Å². The summed E-state index contributed by atoms with van der Waals surface area (Å²) in [5.41, 5.74) is -1.46. The van der Waals surface area contributed by atoms with Crippen LogP contribution in [-0.2, 0) is 14.3 Å². The monoisotopic (exact) mass is 372 g/mol. The molecule has 2 fully saturated rings. The van der Waals surface area contributed by atoms with Crippen molar-refractivity contribution in [3.8, 4) is 5.75 Å². The minimum atomic E-state index is -1.26. The predicted molar refractivity (Wildman–Crippen MR) is 92.2 cm³/mol. The van der Waals surface area contributed by atoms with E-state index < -0.39 is 23.2 Å². The third-order valence-corrected chi connectivity index (χ3v) is 5.28. The van der Waals surface area contributed by atoms with E-state index in [1.165, 1.54) is 18.7 Å². The zero-order valence-corrected chi connectivity index (χ0v) is 15.2. The number of para-hydroxylation sites is 1. The highest BCUT2D eigenvalue weighted by atomic mass is 16.6. The van der Waals surface area contributed by atoms with Crippen molar-refractivity contribution in [2.75, 3.05) is 19.6 Å². The molecule has 8 nitrogen and oxygen atoms in total. The highest BCUT2D eigenvalue weighted by Crippen LogP contribution is 2.38. The maximum atomic E-state index is 12.6. The van der Waals surface area contributed by atoms with Gasteiger partial charge in [0.15, 0.2) is 11.4 Å². The predicted octanol–water partition coefficient (Wildman–Crippen LogP) is 1.38. The molecule has 1 aromatic carbocycles. The van der Waals surface area contributed by atoms with E-state index >= 15 is 0 Å². The molecule has 2 saturated heterocycles. The number of cyclic esters (lactones) is 1. The first-order valence-corrected chi connectivity index (χ1v) is 8.85. The number of rotatable bonds is 2. The van der Waals surface area contributed by atoms with Crippen molar-refractivity contribution in [1.82, 2.24) is 9.80 Å². The number of ether oxygens (including phenoxy) is 2. The van der Waals surface area contributed by atoms with E-state index in [4.69, 9.17) is 9.47 Å². The topological polar surface area (TPSA) is 93.2 Å². The van der Waals surface area contributed by atoms with Crippen molar-refractivity contribution < 1.29 is 28.7 Å². The number of likely N-dealkylation sites (tertiary alicyclic amines) is 1. The van der Waals surface area contributed by atoms with Gasteiger partial charge in [0.1, 0.15) is 17.9 Å². The Bertz CT molecular complexity index is 864. The van der Waals surface area contributed by atoms with E-state index in [1.807, 2.05) is 0 Å². The van der Waals surface area contributed by atoms with Crippen LogP contribution in [0.25, 0.3) is 0 Å². The molecule has 0 saturated carbocycles. The molecule has 3 aliphatic rings. The molecule has 27 heavy (non-hydrogen) atoms. The lowest BCUT2D eigenvalue weighted by molar-refractivity contribution is -0.140. The van der Waals surface area contributed by atoms with Crippen molar-refractivity contribution in [2.24, 2.45) is 0 Å². The lowest BCUT2D eigenvalue weighted by atomic mass is 9.89. The minimum Gasteiger partial charge on any atom is -0.484 e. The number of fused-ring (bicyclic) bond motifs is 1. The molecule has 0 unspecified atom stereocenters. The maximum Gasteiger partial charge on any atom is 0.418 e. The Labute approximate surface area is 156 Å². The molecule has 0 aliphatic carbocycles. The first-order valence-electron chi connectivity index (χ1n) is 8.85. The fourth-order valence-corrected chi connectivity index (χ4v) is 3.82. The van der Waals surface area contributed by atoms with Gasteiger partial charge in [-0.1, -0.05) is 12.1 Å². The largest absolute Gasteiger partial charge is 0.484 e. The normalized spacial score (nSPS) is 26.2. The molecule has 0 N–H and O–H groups in total. The van der Waals surface area contributed by atoms with Crippen LogP contribution in [0.5, 0.6) is 5.75 Å². The summed E-state index contributed by atoms with van der Waals surface area (Å²) in [6.07, 6.45) is -0.0981. The average molecular weight is 372 g/mol. The van der Waals surface area contributed by atoms with Gasteiger partial charge in [-0.25, -0.2) is 9.69 Å². The number of hydrogen-bond acceptors (Lipinski definition) is 6. The Morgan fingerprint density at radius 3 is 2.59 bits per heavy atom. The van der Waals surface area contributed by atoms with E-state index in [9.17, 15) is 19.2 Å². The summed E-state index contributed by atoms with van der Waals surface area (Å²) in [4.78, 5) is 51.5. The Balaban J connectivity index is 1.46. The van der Waals surface area contributed by atoms with E-state index in [-0.39, 0.29) is 31.2 Å². The SMILES string of the molecule is CC1(C)OC(=O)N(CC(=O)N2CC[C@@]3(CC(=O)c4ccccc4O3)C2)C1=O. The second-order valence-corrected chi connectivity index (χ2v) is 7.72. The fourth-order valence-electron chi connectivity index (χ4n) is 3.82. The molecule has 1 spiro atoms. The molecular formula is C19H20N2O6. The van der Waals surface area contributed by atoms with Crippen LogP contribution in [0.1, 0.15) is 37.0 Å². The molecular weight excluding hydrogens is 352 g/mol. The van der Waals surface area contributed by atoms with Gasteiger partial charge in [0.2, 0.25) is 5.91 Å². The number of amides is 3. The van der Waals surface area contributed by atoms with Crippen LogP contribution >= 0.6 is 0 Å². The summed E-state index contributed by atoms with van der Waals surface area (Å²) in [7, 11) is 0. The van der Waals surface area contributed by atoms with E-state index in [1.54, 1.807) is 24.3 Å². The molecule has 0 bridgehead atoms. The number of imide groups is 1. The van der Waals surface area contributed by atoms with Crippen molar-refractivity contribution in [3.05, 3.63) is 29.8 Å². The zero-order valence-electron chi connectivity index (χ0n) is 15.2. The minimum absolute atomic E-state index is 0.00815. The Kier molecular flexibility index (Phi) is 3.76. The van der Waals surface area contributed by atoms with Gasteiger partial charge in [-0.05, 0) is 26.0 Å². The summed E-state index contributed by atoms with van der Waals surface area (Å²) in [6.45, 7) is 3.24. The van der Waals surface area contributed by atoms with Crippen molar-refractivity contribution in [1.29, 1.82) is 0 Å². The third-order valence-electron chi connectivity index (χ3n) is 5.28. The maximum absolute atomic E-state index is 12.6. The number of Topliss-reactive ketones (excluding diaryl/α,β-unsaturated/α-hetero) is 1. The molecule has 8 heteroatoms. The van der Waals surface area contributed by atoms with Crippen LogP contribution in [0.4, 0.5) is 4.79 Å². The molecule has 0 aromatic heterocycles. The zero-order chi connectivity index (χ0) is 19.4. The molecule has 3 heterocycles. The van der Waals surface area contributed by atoms with Crippen LogP contribution in [0.2, 0.25) is 0 Å². The lowest BCUT2D eigenvalue weighted by Gasteiger charge is -2.34. The second-order valence-electron chi connectivity index (χ2n) is 7.72. The van der Waals surface area contributed by atoms with Crippen LogP contribution in [0, 0.1) is 0 Å². The van der Waals surface area contributed by atoms with Crippen molar-refractivity contribution in [2.45, 2.75) is 37.9 Å². The van der Waals surface area contributed by atoms with E-state index in [2.05, 4.69) is 0 Å². The van der Waals surface area contributed by atoms with Gasteiger partial charge < -0.3 is 14.4 Å². The van der Waals surface area contributed by atoms with Gasteiger partial charge in [-0.2, -0.15) is 0 Å². The molecule has 1 atom stereocenters. The van der Waals surface area contributed by atoms with Crippen molar-refractivity contribution in [3.63, 3.8) is 0 Å². The number of carbonyl (C=O) groups is 4. The van der Waals surface area contributed by atoms with Gasteiger partial charge in [0, 0.05) is 13.0 Å². The fraction of sp³-hybridized carbons (Fsp3) is 0.474. The molecule has 3 aliphatic heterocycles. The molecule has 142 valence electrons. The summed E-state index contributed by atoms with van der Waals surface area (Å²) in [6, 6.07) is 7.07. The highest BCUT2D eigenvalue weighted by molar-refractivity contribution is 6.05. The first-order chi connectivity index (χ1) is 12.7. The standard InChI is InChI=1S/C19H20N2O6/c1-18(2)16(24)21(17(25)27-18)10-15(23)20-8-7-19(11-20)9-13(22)12-5-3-4-6-14(12)26-19/h3-6H,7-11H2,1-2H3/t19-/m1/s1. The van der Waals surface area contributed by atoms with Gasteiger partial charge in [0.05, 0.1) is 18.5 Å². The highest BCUT2D eigenvalue weighted by Gasteiger charge is 2.50. The van der Waals surface area contributed by atoms with Crippen LogP contribution in [0.3, 0.4) is 0 Å². The van der Waals surface area contributed by atoms with Gasteiger partial charge >= 0.3 is 6.09 Å².